The first-order valence-corrected chi connectivity index (χ1v) is 8.79. The van der Waals surface area contributed by atoms with Crippen LogP contribution < -0.4 is 16.4 Å². The zero-order valence-corrected chi connectivity index (χ0v) is 15.2. The molecule has 0 spiro atoms. The minimum atomic E-state index is -0.893. The molecule has 3 rings (SSSR count). The van der Waals surface area contributed by atoms with Crippen LogP contribution in [0, 0.1) is 5.82 Å². The van der Waals surface area contributed by atoms with Crippen molar-refractivity contribution < 1.29 is 13.6 Å². The summed E-state index contributed by atoms with van der Waals surface area (Å²) in [5.74, 6) is -1.29. The van der Waals surface area contributed by atoms with Gasteiger partial charge >= 0.3 is 0 Å². The number of carbonyl (C=O) groups excluding carboxylic acids is 1. The van der Waals surface area contributed by atoms with Crippen LogP contribution in [-0.4, -0.2) is 43.4 Å². The van der Waals surface area contributed by atoms with Crippen molar-refractivity contribution in [1.29, 1.82) is 0 Å². The van der Waals surface area contributed by atoms with Crippen LogP contribution in [0.3, 0.4) is 0 Å². The Morgan fingerprint density at radius 3 is 2.75 bits per heavy atom. The first kappa shape index (κ1) is 19.4. The van der Waals surface area contributed by atoms with Crippen molar-refractivity contribution >= 4 is 28.7 Å². The molecule has 0 aliphatic carbocycles. The van der Waals surface area contributed by atoms with Crippen LogP contribution in [0.4, 0.5) is 26.0 Å². The van der Waals surface area contributed by atoms with E-state index in [1.54, 1.807) is 0 Å². The minimum Gasteiger partial charge on any atom is -0.382 e. The monoisotopic (exact) mass is 390 g/mol. The second-order valence-corrected chi connectivity index (χ2v) is 6.17. The highest BCUT2D eigenvalue weighted by Crippen LogP contribution is 2.23. The van der Waals surface area contributed by atoms with E-state index in [-0.39, 0.29) is 17.0 Å². The van der Waals surface area contributed by atoms with E-state index in [4.69, 9.17) is 5.73 Å². The summed E-state index contributed by atoms with van der Waals surface area (Å²) in [4.78, 5) is 16.6. The average molecular weight is 390 g/mol. The molecule has 3 aromatic heterocycles. The van der Waals surface area contributed by atoms with Crippen LogP contribution in [0.5, 0.6) is 0 Å². The number of amides is 1. The number of anilines is 3. The van der Waals surface area contributed by atoms with E-state index in [2.05, 4.69) is 30.9 Å². The van der Waals surface area contributed by atoms with Gasteiger partial charge in [-0.1, -0.05) is 13.3 Å². The third-order valence-electron chi connectivity index (χ3n) is 4.05. The topological polar surface area (TPSA) is 123 Å². The highest BCUT2D eigenvalue weighted by Gasteiger charge is 2.21. The summed E-state index contributed by atoms with van der Waals surface area (Å²) in [5.41, 5.74) is 6.75. The van der Waals surface area contributed by atoms with E-state index in [0.29, 0.717) is 30.8 Å². The van der Waals surface area contributed by atoms with Crippen LogP contribution in [0.25, 0.3) is 5.65 Å². The van der Waals surface area contributed by atoms with E-state index in [9.17, 15) is 13.6 Å². The molecule has 148 valence electrons. The minimum absolute atomic E-state index is 0.00882. The van der Waals surface area contributed by atoms with Gasteiger partial charge in [-0.3, -0.25) is 4.79 Å². The highest BCUT2D eigenvalue weighted by atomic mass is 19.1. The summed E-state index contributed by atoms with van der Waals surface area (Å²) in [5, 5.41) is 17.1. The zero-order valence-electron chi connectivity index (χ0n) is 15.2. The standard InChI is InChI=1S/C17H20F2N8O/c1-2-3-10(18)4-5-21-12-7-23-24-8-13(12)25-17(28)14-15(20)26-27-9-11(19)6-22-16(14)27/h6-10H,2-5H2,1H3,(H2,20,26)(H,21,24)(H,23,25,28). The van der Waals surface area contributed by atoms with Crippen molar-refractivity contribution in [2.24, 2.45) is 0 Å². The van der Waals surface area contributed by atoms with Crippen LogP contribution >= 0.6 is 0 Å². The third kappa shape index (κ3) is 4.30. The molecule has 0 saturated carbocycles. The molecule has 9 nitrogen and oxygen atoms in total. The first-order chi connectivity index (χ1) is 13.5. The number of alkyl halides is 1. The van der Waals surface area contributed by atoms with Gasteiger partial charge in [0, 0.05) is 6.54 Å². The van der Waals surface area contributed by atoms with Crippen molar-refractivity contribution in [2.75, 3.05) is 22.9 Å². The van der Waals surface area contributed by atoms with E-state index in [0.717, 1.165) is 23.3 Å². The maximum atomic E-state index is 13.6. The number of rotatable bonds is 8. The Balaban J connectivity index is 1.75. The molecule has 0 bridgehead atoms. The van der Waals surface area contributed by atoms with Gasteiger partial charge in [0.2, 0.25) is 0 Å². The molecule has 0 radical (unpaired) electrons. The Morgan fingerprint density at radius 2 is 2.00 bits per heavy atom. The molecule has 0 saturated heterocycles. The molecule has 0 aliphatic rings. The van der Waals surface area contributed by atoms with Gasteiger partial charge in [-0.15, -0.1) is 5.10 Å². The quantitative estimate of drug-likeness (QED) is 0.540. The van der Waals surface area contributed by atoms with E-state index in [1.165, 1.54) is 12.4 Å². The number of nitrogen functional groups attached to an aromatic ring is 1. The van der Waals surface area contributed by atoms with Crippen molar-refractivity contribution in [3.63, 3.8) is 0 Å². The number of fused-ring (bicyclic) bond motifs is 1. The molecule has 3 aromatic rings. The summed E-state index contributed by atoms with van der Waals surface area (Å²) in [6.45, 7) is 2.30. The fourth-order valence-electron chi connectivity index (χ4n) is 2.71. The Hall–Kier alpha value is -3.37. The van der Waals surface area contributed by atoms with Gasteiger partial charge in [-0.25, -0.2) is 18.3 Å². The molecule has 11 heteroatoms. The van der Waals surface area contributed by atoms with E-state index in [1.807, 2.05) is 6.92 Å². The number of aromatic nitrogens is 5. The molecule has 1 amide bonds. The van der Waals surface area contributed by atoms with Crippen LogP contribution in [-0.2, 0) is 0 Å². The summed E-state index contributed by atoms with van der Waals surface area (Å²) in [6.07, 6.45) is 5.54. The lowest BCUT2D eigenvalue weighted by atomic mass is 10.2. The Labute approximate surface area is 159 Å². The number of hydrogen-bond acceptors (Lipinski definition) is 7. The SMILES string of the molecule is CCCC(F)CCNc1cnncc1NC(=O)c1c(N)nn2cc(F)cnc12. The van der Waals surface area contributed by atoms with E-state index >= 15 is 0 Å². The van der Waals surface area contributed by atoms with E-state index < -0.39 is 17.9 Å². The van der Waals surface area contributed by atoms with Crippen molar-refractivity contribution in [3.8, 4) is 0 Å². The summed E-state index contributed by atoms with van der Waals surface area (Å²) in [7, 11) is 0. The normalized spacial score (nSPS) is 12.1. The van der Waals surface area contributed by atoms with Gasteiger partial charge in [0.25, 0.3) is 5.91 Å². The largest absolute Gasteiger partial charge is 0.382 e. The first-order valence-electron chi connectivity index (χ1n) is 8.79. The van der Waals surface area contributed by atoms with Gasteiger partial charge < -0.3 is 16.4 Å². The third-order valence-corrected chi connectivity index (χ3v) is 4.05. The fraction of sp³-hybridized carbons (Fsp3) is 0.353. The van der Waals surface area contributed by atoms with Gasteiger partial charge in [0.05, 0.1) is 36.2 Å². The zero-order chi connectivity index (χ0) is 20.1. The Morgan fingerprint density at radius 1 is 1.25 bits per heavy atom. The van der Waals surface area contributed by atoms with Gasteiger partial charge in [0.15, 0.2) is 17.3 Å². The molecule has 4 N–H and O–H groups in total. The molecule has 0 aromatic carbocycles. The molecule has 3 heterocycles. The second-order valence-electron chi connectivity index (χ2n) is 6.17. The van der Waals surface area contributed by atoms with Crippen molar-refractivity contribution in [2.45, 2.75) is 32.4 Å². The highest BCUT2D eigenvalue weighted by molar-refractivity contribution is 6.12. The van der Waals surface area contributed by atoms with Gasteiger partial charge in [-0.2, -0.15) is 10.2 Å². The summed E-state index contributed by atoms with van der Waals surface area (Å²) in [6, 6.07) is 0. The number of nitrogens with one attached hydrogen (secondary N) is 2. The lowest BCUT2D eigenvalue weighted by Gasteiger charge is -2.13. The predicted molar refractivity (Wildman–Crippen MR) is 100 cm³/mol. The predicted octanol–water partition coefficient (Wildman–Crippen LogP) is 2.43. The maximum absolute atomic E-state index is 13.6. The lowest BCUT2D eigenvalue weighted by molar-refractivity contribution is 0.102. The molecule has 0 fully saturated rings. The molecule has 28 heavy (non-hydrogen) atoms. The lowest BCUT2D eigenvalue weighted by Crippen LogP contribution is -2.17. The van der Waals surface area contributed by atoms with Crippen molar-refractivity contribution in [3.05, 3.63) is 36.2 Å². The van der Waals surface area contributed by atoms with Gasteiger partial charge in [0.1, 0.15) is 11.7 Å². The molecular weight excluding hydrogens is 370 g/mol. The van der Waals surface area contributed by atoms with Crippen molar-refractivity contribution in [1.82, 2.24) is 24.8 Å². The maximum Gasteiger partial charge on any atom is 0.263 e. The summed E-state index contributed by atoms with van der Waals surface area (Å²) < 4.78 is 28.0. The number of nitrogens with zero attached hydrogens (tertiary/aromatic N) is 5. The van der Waals surface area contributed by atoms with Crippen LogP contribution in [0.1, 0.15) is 36.5 Å². The average Bonchev–Trinajstić information content (AvgIpc) is 2.98. The Bertz CT molecular complexity index is 977. The van der Waals surface area contributed by atoms with Crippen LogP contribution in [0.2, 0.25) is 0 Å². The number of nitrogens with two attached hydrogens (primary N) is 1. The van der Waals surface area contributed by atoms with Gasteiger partial charge in [-0.05, 0) is 12.8 Å². The molecule has 1 unspecified atom stereocenters. The number of halogens is 2. The number of carbonyl (C=O) groups is 1. The smallest absolute Gasteiger partial charge is 0.263 e. The molecule has 0 aliphatic heterocycles. The Kier molecular flexibility index (Phi) is 5.92. The molecule has 1 atom stereocenters. The second kappa shape index (κ2) is 8.55. The summed E-state index contributed by atoms with van der Waals surface area (Å²) >= 11 is 0. The van der Waals surface area contributed by atoms with Crippen LogP contribution in [0.15, 0.2) is 24.8 Å². The molecular formula is C17H20F2N8O. The fourth-order valence-corrected chi connectivity index (χ4v) is 2.71. The number of hydrogen-bond donors (Lipinski definition) is 3.